The summed E-state index contributed by atoms with van der Waals surface area (Å²) >= 11 is 1.88. The minimum Gasteiger partial charge on any atom is -0.309 e. The molecule has 2 unspecified atom stereocenters. The average molecular weight is 266 g/mol. The van der Waals surface area contributed by atoms with E-state index in [0.29, 0.717) is 11.6 Å². The maximum absolute atomic E-state index is 3.73. The first-order chi connectivity index (χ1) is 8.67. The zero-order chi connectivity index (χ0) is 13.0. The predicted octanol–water partition coefficient (Wildman–Crippen LogP) is 3.14. The van der Waals surface area contributed by atoms with Gasteiger partial charge in [0.1, 0.15) is 0 Å². The van der Waals surface area contributed by atoms with E-state index in [4.69, 9.17) is 0 Å². The Hall–Kier alpha value is -0.380. The van der Waals surface area contributed by atoms with Crippen molar-refractivity contribution in [2.45, 2.75) is 51.6 Å². The Bertz CT molecular complexity index is 349. The molecule has 1 aliphatic heterocycles. The van der Waals surface area contributed by atoms with Gasteiger partial charge in [-0.3, -0.25) is 4.90 Å². The molecule has 1 aliphatic rings. The molecule has 0 bridgehead atoms. The van der Waals surface area contributed by atoms with E-state index in [1.54, 1.807) is 0 Å². The molecule has 1 N–H and O–H groups in total. The van der Waals surface area contributed by atoms with Gasteiger partial charge in [-0.2, -0.15) is 0 Å². The summed E-state index contributed by atoms with van der Waals surface area (Å²) in [6.07, 6.45) is 3.66. The fraction of sp³-hybridized carbons (Fsp3) is 0.733. The van der Waals surface area contributed by atoms with Gasteiger partial charge >= 0.3 is 0 Å². The van der Waals surface area contributed by atoms with Crippen molar-refractivity contribution < 1.29 is 0 Å². The van der Waals surface area contributed by atoms with Crippen LogP contribution in [-0.4, -0.2) is 36.1 Å². The number of nitrogens with one attached hydrogen (secondary N) is 1. The van der Waals surface area contributed by atoms with Crippen molar-refractivity contribution in [1.29, 1.82) is 0 Å². The summed E-state index contributed by atoms with van der Waals surface area (Å²) in [6, 6.07) is 5.13. The third kappa shape index (κ3) is 3.34. The van der Waals surface area contributed by atoms with E-state index in [2.05, 4.69) is 48.5 Å². The van der Waals surface area contributed by atoms with Crippen LogP contribution in [0.25, 0.3) is 0 Å². The highest BCUT2D eigenvalue weighted by Crippen LogP contribution is 2.21. The smallest absolute Gasteiger partial charge is 0.0278 e. The topological polar surface area (TPSA) is 15.3 Å². The molecule has 0 aromatic carbocycles. The monoisotopic (exact) mass is 266 g/mol. The molecule has 2 nitrogen and oxygen atoms in total. The zero-order valence-corrected chi connectivity index (χ0v) is 12.7. The van der Waals surface area contributed by atoms with Gasteiger partial charge in [0.15, 0.2) is 0 Å². The lowest BCUT2D eigenvalue weighted by Crippen LogP contribution is -2.62. The van der Waals surface area contributed by atoms with Crippen molar-refractivity contribution in [2.24, 2.45) is 0 Å². The first-order valence-electron chi connectivity index (χ1n) is 7.18. The maximum atomic E-state index is 3.73. The Morgan fingerprint density at radius 3 is 2.94 bits per heavy atom. The number of thiophene rings is 1. The normalized spacial score (nSPS) is 29.6. The summed E-state index contributed by atoms with van der Waals surface area (Å²) in [4.78, 5) is 4.21. The number of piperazine rings is 1. The Morgan fingerprint density at radius 2 is 2.33 bits per heavy atom. The van der Waals surface area contributed by atoms with Crippen molar-refractivity contribution in [3.05, 3.63) is 22.4 Å². The van der Waals surface area contributed by atoms with Crippen molar-refractivity contribution in [3.8, 4) is 0 Å². The van der Waals surface area contributed by atoms with Crippen LogP contribution in [-0.2, 0) is 6.42 Å². The van der Waals surface area contributed by atoms with Crippen LogP contribution in [0, 0.1) is 0 Å². The van der Waals surface area contributed by atoms with E-state index in [-0.39, 0.29) is 0 Å². The highest BCUT2D eigenvalue weighted by molar-refractivity contribution is 7.09. The van der Waals surface area contributed by atoms with Crippen molar-refractivity contribution in [3.63, 3.8) is 0 Å². The van der Waals surface area contributed by atoms with Crippen LogP contribution >= 0.6 is 11.3 Å². The molecule has 0 radical (unpaired) electrons. The fourth-order valence-electron chi connectivity index (χ4n) is 2.74. The van der Waals surface area contributed by atoms with Gasteiger partial charge in [-0.15, -0.1) is 11.3 Å². The van der Waals surface area contributed by atoms with E-state index >= 15 is 0 Å². The summed E-state index contributed by atoms with van der Waals surface area (Å²) in [5.41, 5.74) is 0.307. The lowest BCUT2D eigenvalue weighted by Gasteiger charge is -2.46. The molecule has 0 aliphatic carbocycles. The molecule has 0 amide bonds. The van der Waals surface area contributed by atoms with Crippen LogP contribution in [0.15, 0.2) is 17.5 Å². The van der Waals surface area contributed by atoms with Crippen LogP contribution in [0.5, 0.6) is 0 Å². The molecule has 1 aromatic heterocycles. The molecule has 2 heterocycles. The Labute approximate surface area is 115 Å². The summed E-state index contributed by atoms with van der Waals surface area (Å²) in [5, 5.41) is 5.91. The van der Waals surface area contributed by atoms with Crippen LogP contribution in [0.3, 0.4) is 0 Å². The van der Waals surface area contributed by atoms with E-state index in [1.807, 2.05) is 11.3 Å². The van der Waals surface area contributed by atoms with Gasteiger partial charge in [0.2, 0.25) is 0 Å². The largest absolute Gasteiger partial charge is 0.309 e. The summed E-state index contributed by atoms with van der Waals surface area (Å²) in [6.45, 7) is 10.5. The zero-order valence-electron chi connectivity index (χ0n) is 11.9. The number of rotatable bonds is 5. The van der Waals surface area contributed by atoms with E-state index in [1.165, 1.54) is 37.2 Å². The van der Waals surface area contributed by atoms with Gasteiger partial charge in [-0.05, 0) is 37.6 Å². The van der Waals surface area contributed by atoms with Crippen LogP contribution in [0.4, 0.5) is 0 Å². The first-order valence-corrected chi connectivity index (χ1v) is 8.06. The second kappa shape index (κ2) is 6.18. The number of nitrogens with zero attached hydrogens (tertiary/aromatic N) is 1. The lowest BCUT2D eigenvalue weighted by molar-refractivity contribution is 0.0834. The summed E-state index contributed by atoms with van der Waals surface area (Å²) in [7, 11) is 0. The predicted molar refractivity (Wildman–Crippen MR) is 80.4 cm³/mol. The Balaban J connectivity index is 1.93. The van der Waals surface area contributed by atoms with Gasteiger partial charge < -0.3 is 5.32 Å². The van der Waals surface area contributed by atoms with Gasteiger partial charge in [-0.1, -0.05) is 19.9 Å². The molecule has 102 valence electrons. The van der Waals surface area contributed by atoms with E-state index < -0.39 is 0 Å². The average Bonchev–Trinajstić information content (AvgIpc) is 2.90. The highest BCUT2D eigenvalue weighted by Gasteiger charge is 2.33. The summed E-state index contributed by atoms with van der Waals surface area (Å²) in [5.74, 6) is 0. The summed E-state index contributed by atoms with van der Waals surface area (Å²) < 4.78 is 0. The van der Waals surface area contributed by atoms with E-state index in [0.717, 1.165) is 6.54 Å². The highest BCUT2D eigenvalue weighted by atomic mass is 32.1. The SMILES string of the molecule is CCC1CNC(C)(CC)CN1CCc1cccs1. The molecule has 2 rings (SSSR count). The molecule has 1 aromatic rings. The first kappa shape index (κ1) is 14.0. The van der Waals surface area contributed by atoms with Gasteiger partial charge in [0.25, 0.3) is 0 Å². The molecule has 0 spiro atoms. The third-order valence-corrected chi connectivity index (χ3v) is 5.25. The second-order valence-corrected chi connectivity index (χ2v) is 6.69. The van der Waals surface area contributed by atoms with Crippen LogP contribution in [0.1, 0.15) is 38.5 Å². The van der Waals surface area contributed by atoms with E-state index in [9.17, 15) is 0 Å². The van der Waals surface area contributed by atoms with Crippen molar-refractivity contribution in [2.75, 3.05) is 19.6 Å². The molecular formula is C15H26N2S. The van der Waals surface area contributed by atoms with Crippen LogP contribution < -0.4 is 5.32 Å². The Kier molecular flexibility index (Phi) is 4.82. The van der Waals surface area contributed by atoms with Crippen molar-refractivity contribution >= 4 is 11.3 Å². The molecule has 18 heavy (non-hydrogen) atoms. The lowest BCUT2D eigenvalue weighted by atomic mass is 9.92. The van der Waals surface area contributed by atoms with Crippen molar-refractivity contribution in [1.82, 2.24) is 10.2 Å². The molecule has 2 atom stereocenters. The molecule has 1 saturated heterocycles. The minimum atomic E-state index is 0.307. The van der Waals surface area contributed by atoms with Crippen LogP contribution in [0.2, 0.25) is 0 Å². The number of hydrogen-bond acceptors (Lipinski definition) is 3. The fourth-order valence-corrected chi connectivity index (χ4v) is 3.43. The standard InChI is InChI=1S/C15H26N2S/c1-4-13-11-16-15(3,5-2)12-17(13)9-8-14-7-6-10-18-14/h6-7,10,13,16H,4-5,8-9,11-12H2,1-3H3. The molecule has 0 saturated carbocycles. The maximum Gasteiger partial charge on any atom is 0.0278 e. The van der Waals surface area contributed by atoms with Gasteiger partial charge in [-0.25, -0.2) is 0 Å². The number of hydrogen-bond donors (Lipinski definition) is 1. The van der Waals surface area contributed by atoms with Gasteiger partial charge in [0, 0.05) is 36.1 Å². The second-order valence-electron chi connectivity index (χ2n) is 5.66. The quantitative estimate of drug-likeness (QED) is 0.881. The molecule has 1 fully saturated rings. The Morgan fingerprint density at radius 1 is 1.50 bits per heavy atom. The minimum absolute atomic E-state index is 0.307. The molecular weight excluding hydrogens is 240 g/mol. The van der Waals surface area contributed by atoms with Gasteiger partial charge in [0.05, 0.1) is 0 Å². The third-order valence-electron chi connectivity index (χ3n) is 4.31. The molecule has 3 heteroatoms.